The zero-order chi connectivity index (χ0) is 9.42. The first kappa shape index (κ1) is 8.73. The standard InChI is InChI=1S/C10H7ClOS/c1-6-10(11)8-3-2-7(5-12)4-9(8)13-6/h2-5H,1H3. The van der Waals surface area contributed by atoms with Gasteiger partial charge in [0.25, 0.3) is 0 Å². The molecule has 2 aromatic rings. The van der Waals surface area contributed by atoms with E-state index in [0.29, 0.717) is 5.56 Å². The van der Waals surface area contributed by atoms with Gasteiger partial charge in [-0.2, -0.15) is 0 Å². The van der Waals surface area contributed by atoms with E-state index in [1.165, 1.54) is 0 Å². The number of fused-ring (bicyclic) bond motifs is 1. The van der Waals surface area contributed by atoms with Crippen molar-refractivity contribution in [3.05, 3.63) is 33.7 Å². The molecule has 2 rings (SSSR count). The summed E-state index contributed by atoms with van der Waals surface area (Å²) in [4.78, 5) is 11.6. The molecular weight excluding hydrogens is 204 g/mol. The van der Waals surface area contributed by atoms with E-state index in [0.717, 1.165) is 26.3 Å². The lowest BCUT2D eigenvalue weighted by atomic mass is 10.2. The SMILES string of the molecule is Cc1sc2cc(C=O)ccc2c1Cl. The number of hydrogen-bond acceptors (Lipinski definition) is 2. The number of thiophene rings is 1. The van der Waals surface area contributed by atoms with Crippen LogP contribution in [-0.2, 0) is 0 Å². The molecule has 0 saturated heterocycles. The summed E-state index contributed by atoms with van der Waals surface area (Å²) in [5, 5.41) is 1.84. The molecule has 0 saturated carbocycles. The number of aryl methyl sites for hydroxylation is 1. The molecule has 3 heteroatoms. The van der Waals surface area contributed by atoms with Crippen molar-refractivity contribution in [2.24, 2.45) is 0 Å². The van der Waals surface area contributed by atoms with Crippen LogP contribution >= 0.6 is 22.9 Å². The number of hydrogen-bond donors (Lipinski definition) is 0. The minimum absolute atomic E-state index is 0.699. The van der Waals surface area contributed by atoms with Crippen LogP contribution in [0.5, 0.6) is 0 Å². The van der Waals surface area contributed by atoms with Crippen molar-refractivity contribution in [2.75, 3.05) is 0 Å². The van der Waals surface area contributed by atoms with Gasteiger partial charge < -0.3 is 0 Å². The second-order valence-corrected chi connectivity index (χ2v) is 4.48. The lowest BCUT2D eigenvalue weighted by Crippen LogP contribution is -1.75. The molecule has 66 valence electrons. The molecular formula is C10H7ClOS. The molecule has 0 aliphatic rings. The summed E-state index contributed by atoms with van der Waals surface area (Å²) in [7, 11) is 0. The van der Waals surface area contributed by atoms with Crippen LogP contribution in [0.3, 0.4) is 0 Å². The Bertz CT molecular complexity index is 473. The van der Waals surface area contributed by atoms with Gasteiger partial charge in [0.1, 0.15) is 6.29 Å². The third kappa shape index (κ3) is 1.36. The lowest BCUT2D eigenvalue weighted by molar-refractivity contribution is 0.112. The molecule has 0 atom stereocenters. The van der Waals surface area contributed by atoms with Crippen molar-refractivity contribution in [1.82, 2.24) is 0 Å². The van der Waals surface area contributed by atoms with Crippen molar-refractivity contribution >= 4 is 39.3 Å². The Morgan fingerprint density at radius 2 is 2.23 bits per heavy atom. The van der Waals surface area contributed by atoms with Crippen LogP contribution in [0.1, 0.15) is 15.2 Å². The molecule has 13 heavy (non-hydrogen) atoms. The predicted octanol–water partition coefficient (Wildman–Crippen LogP) is 3.68. The molecule has 1 aromatic carbocycles. The minimum Gasteiger partial charge on any atom is -0.298 e. The summed E-state index contributed by atoms with van der Waals surface area (Å²) in [6.45, 7) is 1.98. The number of halogens is 1. The van der Waals surface area contributed by atoms with Gasteiger partial charge in [0.15, 0.2) is 0 Å². The van der Waals surface area contributed by atoms with Gasteiger partial charge in [0.05, 0.1) is 5.02 Å². The quantitative estimate of drug-likeness (QED) is 0.657. The fourth-order valence-electron chi connectivity index (χ4n) is 1.28. The molecule has 0 radical (unpaired) electrons. The molecule has 0 aliphatic heterocycles. The number of benzene rings is 1. The maximum absolute atomic E-state index is 10.5. The molecule has 0 amide bonds. The third-order valence-corrected chi connectivity index (χ3v) is 3.62. The minimum atomic E-state index is 0.699. The maximum Gasteiger partial charge on any atom is 0.150 e. The molecule has 0 spiro atoms. The number of carbonyl (C=O) groups excluding carboxylic acids is 1. The maximum atomic E-state index is 10.5. The first-order valence-corrected chi connectivity index (χ1v) is 5.05. The van der Waals surface area contributed by atoms with Crippen molar-refractivity contribution in [2.45, 2.75) is 6.92 Å². The van der Waals surface area contributed by atoms with Crippen LogP contribution in [0.4, 0.5) is 0 Å². The second kappa shape index (κ2) is 3.13. The van der Waals surface area contributed by atoms with E-state index >= 15 is 0 Å². The van der Waals surface area contributed by atoms with Gasteiger partial charge in [-0.05, 0) is 13.0 Å². The smallest absolute Gasteiger partial charge is 0.150 e. The van der Waals surface area contributed by atoms with Crippen LogP contribution in [0.15, 0.2) is 18.2 Å². The Balaban J connectivity index is 2.79. The summed E-state index contributed by atoms with van der Waals surface area (Å²) in [5.41, 5.74) is 0.699. The molecule has 0 bridgehead atoms. The zero-order valence-electron chi connectivity index (χ0n) is 7.00. The fourth-order valence-corrected chi connectivity index (χ4v) is 2.62. The van der Waals surface area contributed by atoms with Crippen molar-refractivity contribution in [3.8, 4) is 0 Å². The van der Waals surface area contributed by atoms with Crippen LogP contribution in [0.2, 0.25) is 5.02 Å². The number of carbonyl (C=O) groups is 1. The Kier molecular flexibility index (Phi) is 2.10. The molecule has 0 N–H and O–H groups in total. The molecule has 0 fully saturated rings. The van der Waals surface area contributed by atoms with E-state index in [4.69, 9.17) is 11.6 Å². The Hall–Kier alpha value is -0.860. The van der Waals surface area contributed by atoms with Crippen molar-refractivity contribution in [3.63, 3.8) is 0 Å². The van der Waals surface area contributed by atoms with Gasteiger partial charge in [-0.1, -0.05) is 23.7 Å². The fraction of sp³-hybridized carbons (Fsp3) is 0.100. The first-order valence-electron chi connectivity index (χ1n) is 3.86. The Morgan fingerprint density at radius 1 is 1.46 bits per heavy atom. The highest BCUT2D eigenvalue weighted by atomic mass is 35.5. The van der Waals surface area contributed by atoms with E-state index in [9.17, 15) is 4.79 Å². The molecule has 1 heterocycles. The molecule has 1 nitrogen and oxygen atoms in total. The van der Waals surface area contributed by atoms with Crippen LogP contribution in [0, 0.1) is 6.92 Å². The number of rotatable bonds is 1. The van der Waals surface area contributed by atoms with Gasteiger partial charge in [-0.25, -0.2) is 0 Å². The van der Waals surface area contributed by atoms with Gasteiger partial charge >= 0.3 is 0 Å². The third-order valence-electron chi connectivity index (χ3n) is 1.95. The van der Waals surface area contributed by atoms with Gasteiger partial charge in [0, 0.05) is 20.5 Å². The summed E-state index contributed by atoms with van der Waals surface area (Å²) < 4.78 is 1.08. The normalized spacial score (nSPS) is 10.6. The lowest BCUT2D eigenvalue weighted by Gasteiger charge is -1.91. The van der Waals surface area contributed by atoms with Crippen molar-refractivity contribution < 1.29 is 4.79 Å². The van der Waals surface area contributed by atoms with E-state index in [1.54, 1.807) is 17.4 Å². The van der Waals surface area contributed by atoms with Gasteiger partial charge in [-0.3, -0.25) is 4.79 Å². The largest absolute Gasteiger partial charge is 0.298 e. The topological polar surface area (TPSA) is 17.1 Å². The van der Waals surface area contributed by atoms with E-state index in [1.807, 2.05) is 19.1 Å². The van der Waals surface area contributed by atoms with Gasteiger partial charge in [0.2, 0.25) is 0 Å². The summed E-state index contributed by atoms with van der Waals surface area (Å²) in [6.07, 6.45) is 0.850. The number of aldehydes is 1. The van der Waals surface area contributed by atoms with Crippen LogP contribution in [0.25, 0.3) is 10.1 Å². The molecule has 0 aliphatic carbocycles. The first-order chi connectivity index (χ1) is 6.22. The Morgan fingerprint density at radius 3 is 2.92 bits per heavy atom. The summed E-state index contributed by atoms with van der Waals surface area (Å²) in [5.74, 6) is 0. The highest BCUT2D eigenvalue weighted by Crippen LogP contribution is 2.34. The van der Waals surface area contributed by atoms with E-state index in [2.05, 4.69) is 0 Å². The van der Waals surface area contributed by atoms with Crippen molar-refractivity contribution in [1.29, 1.82) is 0 Å². The summed E-state index contributed by atoms with van der Waals surface area (Å²) >= 11 is 7.68. The van der Waals surface area contributed by atoms with Gasteiger partial charge in [-0.15, -0.1) is 11.3 Å². The predicted molar refractivity (Wildman–Crippen MR) is 57.0 cm³/mol. The monoisotopic (exact) mass is 210 g/mol. The average molecular weight is 211 g/mol. The van der Waals surface area contributed by atoms with E-state index < -0.39 is 0 Å². The average Bonchev–Trinajstić information content (AvgIpc) is 2.42. The van der Waals surface area contributed by atoms with Crippen LogP contribution in [-0.4, -0.2) is 6.29 Å². The highest BCUT2D eigenvalue weighted by Gasteiger charge is 2.06. The Labute approximate surface area is 84.9 Å². The molecule has 1 aromatic heterocycles. The second-order valence-electron chi connectivity index (χ2n) is 2.85. The summed E-state index contributed by atoms with van der Waals surface area (Å²) in [6, 6.07) is 5.55. The van der Waals surface area contributed by atoms with Crippen LogP contribution < -0.4 is 0 Å². The zero-order valence-corrected chi connectivity index (χ0v) is 8.58. The highest BCUT2D eigenvalue weighted by molar-refractivity contribution is 7.19. The molecule has 0 unspecified atom stereocenters. The van der Waals surface area contributed by atoms with E-state index in [-0.39, 0.29) is 0 Å².